The van der Waals surface area contributed by atoms with Crippen LogP contribution in [-0.4, -0.2) is 9.97 Å². The molecule has 4 aromatic rings. The normalized spacial score (nSPS) is 14.1. The maximum Gasteiger partial charge on any atom is 0.260 e. The number of nitrogens with zero attached hydrogens (tertiary/aromatic N) is 1. The van der Waals surface area contributed by atoms with Crippen LogP contribution < -0.4 is 11.1 Å². The van der Waals surface area contributed by atoms with Crippen molar-refractivity contribution >= 4 is 32.5 Å². The van der Waals surface area contributed by atoms with E-state index in [4.69, 9.17) is 9.83 Å². The van der Waals surface area contributed by atoms with E-state index in [1.165, 1.54) is 16.9 Å². The van der Waals surface area contributed by atoms with Crippen molar-refractivity contribution in [1.82, 2.24) is 9.97 Å². The smallest absolute Gasteiger partial charge is 0.260 e. The molecule has 1 aliphatic rings. The molecule has 0 radical (unpaired) electrons. The molecule has 0 saturated carbocycles. The Kier molecular flexibility index (Phi) is 3.15. The molecule has 0 aliphatic heterocycles. The zero-order valence-electron chi connectivity index (χ0n) is 13.4. The number of nitrogens with one attached hydrogen (secondary N) is 2. The molecule has 3 aromatic heterocycles. The molecule has 6 heteroatoms. The molecule has 25 heavy (non-hydrogen) atoms. The average Bonchev–Trinajstić information content (AvgIpc) is 3.00. The van der Waals surface area contributed by atoms with Crippen molar-refractivity contribution in [2.75, 3.05) is 0 Å². The minimum atomic E-state index is -0.119. The van der Waals surface area contributed by atoms with Gasteiger partial charge in [-0.25, -0.2) is 4.98 Å². The van der Waals surface area contributed by atoms with Crippen LogP contribution in [-0.2, 0) is 12.8 Å². The predicted octanol–water partition coefficient (Wildman–Crippen LogP) is 3.76. The minimum Gasteiger partial charge on any atom is -0.438 e. The third-order valence-electron chi connectivity index (χ3n) is 4.76. The maximum atomic E-state index is 12.7. The SMILES string of the molecule is N=c1oc2ccccc2cc1-c1nc2sc3c(c2c(=O)[nH]1)CCCC3. The summed E-state index contributed by atoms with van der Waals surface area (Å²) in [6.07, 6.45) is 4.28. The van der Waals surface area contributed by atoms with Crippen molar-refractivity contribution in [2.45, 2.75) is 25.7 Å². The molecule has 3 heterocycles. The van der Waals surface area contributed by atoms with Crippen molar-refractivity contribution in [1.29, 1.82) is 5.41 Å². The molecule has 0 bridgehead atoms. The second-order valence-electron chi connectivity index (χ2n) is 6.33. The Balaban J connectivity index is 1.78. The number of H-pyrrole nitrogens is 1. The van der Waals surface area contributed by atoms with Gasteiger partial charge in [-0.1, -0.05) is 18.2 Å². The van der Waals surface area contributed by atoms with E-state index in [2.05, 4.69) is 9.97 Å². The number of para-hydroxylation sites is 1. The molecule has 0 spiro atoms. The summed E-state index contributed by atoms with van der Waals surface area (Å²) >= 11 is 1.61. The zero-order chi connectivity index (χ0) is 17.0. The Morgan fingerprint density at radius 1 is 1.20 bits per heavy atom. The molecule has 0 amide bonds. The summed E-state index contributed by atoms with van der Waals surface area (Å²) in [5.41, 5.74) is 2.20. The van der Waals surface area contributed by atoms with Crippen LogP contribution in [0.5, 0.6) is 0 Å². The molecule has 0 saturated heterocycles. The molecule has 2 N–H and O–H groups in total. The van der Waals surface area contributed by atoms with Gasteiger partial charge in [0.05, 0.1) is 10.9 Å². The summed E-state index contributed by atoms with van der Waals surface area (Å²) in [5, 5.41) is 9.78. The number of aryl methyl sites for hydroxylation is 2. The van der Waals surface area contributed by atoms with Crippen LogP contribution in [0.15, 0.2) is 39.5 Å². The standard InChI is InChI=1S/C19H15N3O2S/c20-16-12(9-10-5-1-3-7-13(10)24-16)17-21-18(23)15-11-6-2-4-8-14(11)25-19(15)22-17/h1,3,5,7,9,20H,2,4,6,8H2,(H,21,22,23). The Morgan fingerprint density at radius 2 is 2.04 bits per heavy atom. The average molecular weight is 349 g/mol. The first-order chi connectivity index (χ1) is 12.2. The van der Waals surface area contributed by atoms with Crippen molar-refractivity contribution < 1.29 is 4.42 Å². The summed E-state index contributed by atoms with van der Waals surface area (Å²) < 4.78 is 5.59. The van der Waals surface area contributed by atoms with Gasteiger partial charge in [-0.05, 0) is 43.4 Å². The van der Waals surface area contributed by atoms with E-state index in [1.54, 1.807) is 11.3 Å². The van der Waals surface area contributed by atoms with E-state index >= 15 is 0 Å². The quantitative estimate of drug-likeness (QED) is 0.549. The second kappa shape index (κ2) is 5.39. The summed E-state index contributed by atoms with van der Waals surface area (Å²) in [5.74, 6) is 0.399. The van der Waals surface area contributed by atoms with E-state index in [1.807, 2.05) is 30.3 Å². The molecular weight excluding hydrogens is 334 g/mol. The number of aromatic amines is 1. The summed E-state index contributed by atoms with van der Waals surface area (Å²) in [6.45, 7) is 0. The lowest BCUT2D eigenvalue weighted by Crippen LogP contribution is -2.14. The number of rotatable bonds is 1. The molecular formula is C19H15N3O2S. The van der Waals surface area contributed by atoms with E-state index in [0.717, 1.165) is 34.9 Å². The van der Waals surface area contributed by atoms with Gasteiger partial charge in [0.25, 0.3) is 5.56 Å². The summed E-state index contributed by atoms with van der Waals surface area (Å²) in [6, 6.07) is 9.37. The van der Waals surface area contributed by atoms with Gasteiger partial charge in [-0.3, -0.25) is 10.2 Å². The van der Waals surface area contributed by atoms with Gasteiger partial charge in [0, 0.05) is 10.3 Å². The number of hydrogen-bond donors (Lipinski definition) is 2. The van der Waals surface area contributed by atoms with Gasteiger partial charge in [-0.15, -0.1) is 11.3 Å². The fourth-order valence-electron chi connectivity index (χ4n) is 3.55. The highest BCUT2D eigenvalue weighted by Gasteiger charge is 2.20. The lowest BCUT2D eigenvalue weighted by atomic mass is 9.97. The van der Waals surface area contributed by atoms with Gasteiger partial charge < -0.3 is 9.40 Å². The summed E-state index contributed by atoms with van der Waals surface area (Å²) in [4.78, 5) is 22.3. The third kappa shape index (κ3) is 2.25. The van der Waals surface area contributed by atoms with E-state index in [9.17, 15) is 4.79 Å². The first-order valence-corrected chi connectivity index (χ1v) is 9.15. The van der Waals surface area contributed by atoms with Gasteiger partial charge in [0.1, 0.15) is 16.2 Å². The lowest BCUT2D eigenvalue weighted by molar-refractivity contribution is 0.535. The van der Waals surface area contributed by atoms with Crippen molar-refractivity contribution in [3.05, 3.63) is 56.7 Å². The van der Waals surface area contributed by atoms with E-state index in [-0.39, 0.29) is 11.1 Å². The molecule has 1 aromatic carbocycles. The molecule has 5 rings (SSSR count). The molecule has 1 aliphatic carbocycles. The molecule has 5 nitrogen and oxygen atoms in total. The van der Waals surface area contributed by atoms with Gasteiger partial charge in [-0.2, -0.15) is 0 Å². The van der Waals surface area contributed by atoms with E-state index < -0.39 is 0 Å². The second-order valence-corrected chi connectivity index (χ2v) is 7.42. The third-order valence-corrected chi connectivity index (χ3v) is 5.94. The highest BCUT2D eigenvalue weighted by atomic mass is 32.1. The van der Waals surface area contributed by atoms with Gasteiger partial charge in [0.2, 0.25) is 5.55 Å². The molecule has 124 valence electrons. The molecule has 0 atom stereocenters. The predicted molar refractivity (Wildman–Crippen MR) is 97.9 cm³/mol. The fourth-order valence-corrected chi connectivity index (χ4v) is 4.81. The van der Waals surface area contributed by atoms with Gasteiger partial charge >= 0.3 is 0 Å². The van der Waals surface area contributed by atoms with Crippen LogP contribution in [0, 0.1) is 5.41 Å². The molecule has 0 unspecified atom stereocenters. The highest BCUT2D eigenvalue weighted by Crippen LogP contribution is 2.34. The number of benzene rings is 1. The number of hydrogen-bond acceptors (Lipinski definition) is 5. The van der Waals surface area contributed by atoms with E-state index in [0.29, 0.717) is 17.0 Å². The van der Waals surface area contributed by atoms with Crippen LogP contribution in [0.3, 0.4) is 0 Å². The Hall–Kier alpha value is -2.73. The van der Waals surface area contributed by atoms with Crippen LogP contribution in [0.25, 0.3) is 32.6 Å². The maximum absolute atomic E-state index is 12.7. The molecule has 0 fully saturated rings. The van der Waals surface area contributed by atoms with Crippen LogP contribution in [0.1, 0.15) is 23.3 Å². The Labute approximate surface area is 146 Å². The Bertz CT molecular complexity index is 1250. The van der Waals surface area contributed by atoms with Gasteiger partial charge in [0.15, 0.2) is 0 Å². The topological polar surface area (TPSA) is 82.7 Å². The van der Waals surface area contributed by atoms with Crippen LogP contribution in [0.2, 0.25) is 0 Å². The first kappa shape index (κ1) is 14.6. The zero-order valence-corrected chi connectivity index (χ0v) is 14.2. The Morgan fingerprint density at radius 3 is 2.96 bits per heavy atom. The van der Waals surface area contributed by atoms with Crippen molar-refractivity contribution in [3.63, 3.8) is 0 Å². The monoisotopic (exact) mass is 349 g/mol. The fraction of sp³-hybridized carbons (Fsp3) is 0.211. The minimum absolute atomic E-state index is 0.00233. The number of thiophene rings is 1. The largest absolute Gasteiger partial charge is 0.438 e. The van der Waals surface area contributed by atoms with Crippen molar-refractivity contribution in [2.24, 2.45) is 0 Å². The van der Waals surface area contributed by atoms with Crippen molar-refractivity contribution in [3.8, 4) is 11.4 Å². The number of aromatic nitrogens is 2. The number of fused-ring (bicyclic) bond motifs is 4. The van der Waals surface area contributed by atoms with Crippen LogP contribution >= 0.6 is 11.3 Å². The highest BCUT2D eigenvalue weighted by molar-refractivity contribution is 7.18. The lowest BCUT2D eigenvalue weighted by Gasteiger charge is -2.09. The first-order valence-electron chi connectivity index (χ1n) is 8.33. The van der Waals surface area contributed by atoms with Crippen LogP contribution in [0.4, 0.5) is 0 Å². The summed E-state index contributed by atoms with van der Waals surface area (Å²) in [7, 11) is 0.